The van der Waals surface area contributed by atoms with Crippen LogP contribution in [-0.2, 0) is 22.4 Å². The van der Waals surface area contributed by atoms with Gasteiger partial charge in [-0.15, -0.1) is 11.3 Å². The highest BCUT2D eigenvalue weighted by Gasteiger charge is 2.40. The molecule has 1 fully saturated rings. The molecule has 0 amide bonds. The Morgan fingerprint density at radius 3 is 2.49 bits per heavy atom. The quantitative estimate of drug-likeness (QED) is 0.425. The summed E-state index contributed by atoms with van der Waals surface area (Å²) >= 11 is 0.522. The molecule has 15 heteroatoms. The number of anilines is 1. The standard InChI is InChI=1S/C20H17F6N3O4S2/c1-29-8-7-11(10-29)32-14-4-2-3-12(18(14)20(24,25)26)28-35(30,31)17-6-5-15(34-17)13-9-16(33-27-13)19(21,22)23/h2-6,9,11,28H,7-8,10H2,1H3/t11-/m1/s1. The summed E-state index contributed by atoms with van der Waals surface area (Å²) in [7, 11) is -2.73. The Morgan fingerprint density at radius 2 is 1.89 bits per heavy atom. The third-order valence-electron chi connectivity index (χ3n) is 5.08. The number of hydrogen-bond donors (Lipinski definition) is 1. The Morgan fingerprint density at radius 1 is 1.14 bits per heavy atom. The van der Waals surface area contributed by atoms with Crippen molar-refractivity contribution in [1.29, 1.82) is 0 Å². The van der Waals surface area contributed by atoms with Gasteiger partial charge in [0.25, 0.3) is 10.0 Å². The summed E-state index contributed by atoms with van der Waals surface area (Å²) < 4.78 is 117. The van der Waals surface area contributed by atoms with Crippen molar-refractivity contribution in [2.24, 2.45) is 0 Å². The second-order valence-electron chi connectivity index (χ2n) is 7.77. The van der Waals surface area contributed by atoms with E-state index in [0.717, 1.165) is 18.2 Å². The second kappa shape index (κ2) is 9.02. The van der Waals surface area contributed by atoms with E-state index in [-0.39, 0.29) is 10.6 Å². The van der Waals surface area contributed by atoms with Gasteiger partial charge in [0.05, 0.1) is 10.6 Å². The molecule has 1 aliphatic heterocycles. The number of halogens is 6. The molecule has 0 bridgehead atoms. The van der Waals surface area contributed by atoms with Gasteiger partial charge in [-0.3, -0.25) is 4.72 Å². The molecule has 1 atom stereocenters. The van der Waals surface area contributed by atoms with Gasteiger partial charge < -0.3 is 14.2 Å². The molecule has 4 rings (SSSR count). The van der Waals surface area contributed by atoms with E-state index in [1.54, 1.807) is 7.05 Å². The first-order chi connectivity index (χ1) is 16.2. The van der Waals surface area contributed by atoms with Crippen molar-refractivity contribution in [2.75, 3.05) is 24.9 Å². The van der Waals surface area contributed by atoms with Gasteiger partial charge in [-0.05, 0) is 37.7 Å². The predicted molar refractivity (Wildman–Crippen MR) is 114 cm³/mol. The predicted octanol–water partition coefficient (Wildman–Crippen LogP) is 5.32. The van der Waals surface area contributed by atoms with Crippen LogP contribution in [-0.4, -0.2) is 44.7 Å². The monoisotopic (exact) mass is 541 g/mol. The largest absolute Gasteiger partial charge is 0.488 e. The highest BCUT2D eigenvalue weighted by molar-refractivity contribution is 7.94. The van der Waals surface area contributed by atoms with Gasteiger partial charge in [0.2, 0.25) is 5.76 Å². The number of likely N-dealkylation sites (N-methyl/N-ethyl adjacent to an activating group) is 1. The van der Waals surface area contributed by atoms with Crippen molar-refractivity contribution in [1.82, 2.24) is 10.1 Å². The average Bonchev–Trinajstić information content (AvgIpc) is 3.47. The lowest BCUT2D eigenvalue weighted by molar-refractivity contribution is -0.155. The average molecular weight is 541 g/mol. The number of nitrogens with zero attached hydrogens (tertiary/aromatic N) is 2. The molecule has 1 N–H and O–H groups in total. The topological polar surface area (TPSA) is 84.7 Å². The Balaban J connectivity index is 1.62. The molecule has 0 unspecified atom stereocenters. The van der Waals surface area contributed by atoms with Crippen LogP contribution in [0.4, 0.5) is 32.0 Å². The van der Waals surface area contributed by atoms with E-state index in [9.17, 15) is 34.8 Å². The molecule has 1 saturated heterocycles. The number of benzene rings is 1. The van der Waals surface area contributed by atoms with Crippen LogP contribution in [0.15, 0.2) is 45.1 Å². The molecule has 0 spiro atoms. The zero-order chi connectivity index (χ0) is 25.6. The van der Waals surface area contributed by atoms with E-state index in [0.29, 0.717) is 36.9 Å². The molecule has 1 aromatic carbocycles. The maximum atomic E-state index is 13.9. The maximum absolute atomic E-state index is 13.9. The van der Waals surface area contributed by atoms with Crippen LogP contribution in [0.2, 0.25) is 0 Å². The first-order valence-corrected chi connectivity index (χ1v) is 12.3. The lowest BCUT2D eigenvalue weighted by atomic mass is 10.1. The van der Waals surface area contributed by atoms with Crippen LogP contribution >= 0.6 is 11.3 Å². The van der Waals surface area contributed by atoms with Crippen molar-refractivity contribution in [2.45, 2.75) is 29.1 Å². The number of likely N-dealkylation sites (tertiary alicyclic amines) is 1. The molecule has 35 heavy (non-hydrogen) atoms. The lowest BCUT2D eigenvalue weighted by Gasteiger charge is -2.21. The Kier molecular flexibility index (Phi) is 6.53. The SMILES string of the molecule is CN1CC[C@@H](Oc2cccc(NS(=O)(=O)c3ccc(-c4cc(C(F)(F)F)on4)s3)c2C(F)(F)F)C1. The third-order valence-corrected chi connectivity index (χ3v) is 8.05. The molecule has 3 heterocycles. The van der Waals surface area contributed by atoms with Crippen LogP contribution in [0.1, 0.15) is 17.7 Å². The van der Waals surface area contributed by atoms with Crippen molar-refractivity contribution >= 4 is 27.0 Å². The van der Waals surface area contributed by atoms with Crippen molar-refractivity contribution in [3.8, 4) is 16.3 Å². The summed E-state index contributed by atoms with van der Waals surface area (Å²) in [6.07, 6.45) is -9.70. The second-order valence-corrected chi connectivity index (χ2v) is 10.8. The van der Waals surface area contributed by atoms with Crippen LogP contribution < -0.4 is 9.46 Å². The number of alkyl halides is 6. The number of nitrogens with one attached hydrogen (secondary N) is 1. The lowest BCUT2D eigenvalue weighted by Crippen LogP contribution is -2.23. The summed E-state index contributed by atoms with van der Waals surface area (Å²) in [6, 6.07) is 6.12. The Bertz CT molecular complexity index is 1320. The van der Waals surface area contributed by atoms with E-state index in [1.807, 2.05) is 9.62 Å². The Labute approximate surface area is 199 Å². The van der Waals surface area contributed by atoms with Gasteiger partial charge in [0, 0.05) is 19.2 Å². The molecule has 3 aromatic rings. The number of ether oxygens (including phenoxy) is 1. The van der Waals surface area contributed by atoms with E-state index in [4.69, 9.17) is 4.74 Å². The van der Waals surface area contributed by atoms with Gasteiger partial charge in [0.15, 0.2) is 0 Å². The maximum Gasteiger partial charge on any atom is 0.452 e. The van der Waals surface area contributed by atoms with Crippen LogP contribution in [0, 0.1) is 0 Å². The van der Waals surface area contributed by atoms with Crippen molar-refractivity contribution in [3.63, 3.8) is 0 Å². The first-order valence-electron chi connectivity index (χ1n) is 9.96. The molecule has 7 nitrogen and oxygen atoms in total. The van der Waals surface area contributed by atoms with Gasteiger partial charge in [-0.1, -0.05) is 11.2 Å². The fraction of sp³-hybridized carbons (Fsp3) is 0.350. The highest BCUT2D eigenvalue weighted by Crippen LogP contribution is 2.43. The molecular formula is C20H17F6N3O4S2. The molecule has 0 radical (unpaired) electrons. The van der Waals surface area contributed by atoms with Gasteiger partial charge in [-0.2, -0.15) is 26.3 Å². The van der Waals surface area contributed by atoms with Crippen molar-refractivity contribution in [3.05, 3.63) is 47.7 Å². The summed E-state index contributed by atoms with van der Waals surface area (Å²) in [5, 5.41) is 3.28. The smallest absolute Gasteiger partial charge is 0.452 e. The fourth-order valence-electron chi connectivity index (χ4n) is 3.50. The summed E-state index contributed by atoms with van der Waals surface area (Å²) in [5.41, 5.74) is -2.28. The first kappa shape index (κ1) is 25.3. The van der Waals surface area contributed by atoms with E-state index < -0.39 is 55.4 Å². The summed E-state index contributed by atoms with van der Waals surface area (Å²) in [6.45, 7) is 1.07. The molecule has 2 aromatic heterocycles. The highest BCUT2D eigenvalue weighted by atomic mass is 32.2. The number of hydrogen-bond acceptors (Lipinski definition) is 7. The Hall–Kier alpha value is -2.78. The zero-order valence-electron chi connectivity index (χ0n) is 17.8. The third kappa shape index (κ3) is 5.56. The van der Waals surface area contributed by atoms with Crippen LogP contribution in [0.5, 0.6) is 5.75 Å². The minimum Gasteiger partial charge on any atom is -0.488 e. The summed E-state index contributed by atoms with van der Waals surface area (Å²) in [5.74, 6) is -1.88. The number of rotatable bonds is 6. The normalized spacial score (nSPS) is 17.6. The number of aromatic nitrogens is 1. The van der Waals surface area contributed by atoms with E-state index >= 15 is 0 Å². The van der Waals surface area contributed by atoms with E-state index in [2.05, 4.69) is 9.68 Å². The summed E-state index contributed by atoms with van der Waals surface area (Å²) in [4.78, 5) is 1.91. The molecule has 190 valence electrons. The van der Waals surface area contributed by atoms with Crippen molar-refractivity contribution < 1.29 is 44.0 Å². The fourth-order valence-corrected chi connectivity index (χ4v) is 5.83. The van der Waals surface area contributed by atoms with E-state index in [1.165, 1.54) is 12.1 Å². The van der Waals surface area contributed by atoms with Gasteiger partial charge in [-0.25, -0.2) is 8.42 Å². The minimum atomic E-state index is -4.94. The van der Waals surface area contributed by atoms with Gasteiger partial charge in [0.1, 0.15) is 27.3 Å². The number of sulfonamides is 1. The minimum absolute atomic E-state index is 0.0168. The van der Waals surface area contributed by atoms with Crippen LogP contribution in [0.25, 0.3) is 10.6 Å². The van der Waals surface area contributed by atoms with Gasteiger partial charge >= 0.3 is 12.4 Å². The molecule has 1 aliphatic rings. The van der Waals surface area contributed by atoms with Crippen LogP contribution in [0.3, 0.4) is 0 Å². The number of thiophene rings is 1. The molecule has 0 saturated carbocycles. The molecule has 0 aliphatic carbocycles. The molecular weight excluding hydrogens is 524 g/mol. The zero-order valence-corrected chi connectivity index (χ0v) is 19.4.